The van der Waals surface area contributed by atoms with E-state index in [0.717, 1.165) is 5.56 Å². The van der Waals surface area contributed by atoms with E-state index in [2.05, 4.69) is 5.32 Å². The van der Waals surface area contributed by atoms with Crippen LogP contribution in [0.3, 0.4) is 0 Å². The number of carbonyl (C=O) groups is 1. The van der Waals surface area contributed by atoms with Gasteiger partial charge in [-0.2, -0.15) is 0 Å². The van der Waals surface area contributed by atoms with E-state index in [1.54, 1.807) is 37.4 Å². The van der Waals surface area contributed by atoms with Crippen LogP contribution in [0.5, 0.6) is 0 Å². The number of hydrogen-bond acceptors (Lipinski definition) is 4. The monoisotopic (exact) mass is 235 g/mol. The first-order valence-electron chi connectivity index (χ1n) is 5.41. The molecule has 1 rings (SSSR count). The molecular weight excluding hydrogens is 218 g/mol. The third-order valence-electron chi connectivity index (χ3n) is 2.42. The van der Waals surface area contributed by atoms with Gasteiger partial charge in [-0.15, -0.1) is 0 Å². The van der Waals surface area contributed by atoms with Gasteiger partial charge in [0.25, 0.3) is 0 Å². The van der Waals surface area contributed by atoms with Crippen LogP contribution in [-0.4, -0.2) is 36.2 Å². The molecular formula is C13H17NO3. The number of aliphatic hydroxyl groups excluding tert-OH is 2. The fraction of sp³-hybridized carbons (Fsp3) is 0.308. The topological polar surface area (TPSA) is 69.6 Å². The van der Waals surface area contributed by atoms with Gasteiger partial charge in [-0.1, -0.05) is 30.3 Å². The molecule has 17 heavy (non-hydrogen) atoms. The third kappa shape index (κ3) is 4.11. The first-order chi connectivity index (χ1) is 8.19. The van der Waals surface area contributed by atoms with Gasteiger partial charge in [-0.25, -0.2) is 0 Å². The standard InChI is InChI=1S/C13H17NO3/c1-14-9-12(16)13(17)11-6-4-10(5-7-11)3-2-8-15/h2-8,12-14,16-17H,9H2,1H3/b3-2+. The number of nitrogens with one attached hydrogen (secondary N) is 1. The summed E-state index contributed by atoms with van der Waals surface area (Å²) in [5, 5.41) is 22.2. The fourth-order valence-corrected chi connectivity index (χ4v) is 1.50. The Morgan fingerprint density at radius 1 is 1.29 bits per heavy atom. The molecule has 0 aromatic heterocycles. The minimum atomic E-state index is -0.911. The van der Waals surface area contributed by atoms with Gasteiger partial charge in [0, 0.05) is 6.54 Å². The Morgan fingerprint density at radius 3 is 2.47 bits per heavy atom. The summed E-state index contributed by atoms with van der Waals surface area (Å²) in [6, 6.07) is 7.03. The van der Waals surface area contributed by atoms with E-state index in [1.807, 2.05) is 0 Å². The summed E-state index contributed by atoms with van der Waals surface area (Å²) in [6.45, 7) is 0.327. The Balaban J connectivity index is 2.72. The Morgan fingerprint density at radius 2 is 1.94 bits per heavy atom. The van der Waals surface area contributed by atoms with Gasteiger partial charge in [0.2, 0.25) is 0 Å². The van der Waals surface area contributed by atoms with Crippen LogP contribution in [0.1, 0.15) is 17.2 Å². The second kappa shape index (κ2) is 6.96. The Bertz CT molecular complexity index is 373. The van der Waals surface area contributed by atoms with Gasteiger partial charge < -0.3 is 15.5 Å². The molecule has 0 saturated heterocycles. The summed E-state index contributed by atoms with van der Waals surface area (Å²) in [6.07, 6.45) is 2.04. The minimum absolute atomic E-state index is 0.327. The largest absolute Gasteiger partial charge is 0.389 e. The minimum Gasteiger partial charge on any atom is -0.389 e. The van der Waals surface area contributed by atoms with E-state index in [4.69, 9.17) is 0 Å². The number of rotatable bonds is 6. The van der Waals surface area contributed by atoms with Crippen molar-refractivity contribution in [2.75, 3.05) is 13.6 Å². The van der Waals surface area contributed by atoms with Crippen LogP contribution < -0.4 is 5.32 Å². The Hall–Kier alpha value is -1.49. The Kier molecular flexibility index (Phi) is 5.56. The Labute approximate surface area is 101 Å². The highest BCUT2D eigenvalue weighted by Gasteiger charge is 2.16. The summed E-state index contributed by atoms with van der Waals surface area (Å²) in [7, 11) is 1.71. The molecule has 1 aromatic carbocycles. The molecule has 2 atom stereocenters. The summed E-state index contributed by atoms with van der Waals surface area (Å²) >= 11 is 0. The molecule has 0 fully saturated rings. The number of carbonyl (C=O) groups excluding carboxylic acids is 1. The fourth-order valence-electron chi connectivity index (χ4n) is 1.50. The van der Waals surface area contributed by atoms with E-state index in [1.165, 1.54) is 6.08 Å². The van der Waals surface area contributed by atoms with E-state index in [9.17, 15) is 15.0 Å². The van der Waals surface area contributed by atoms with Crippen molar-refractivity contribution < 1.29 is 15.0 Å². The summed E-state index contributed by atoms with van der Waals surface area (Å²) in [5.41, 5.74) is 1.52. The lowest BCUT2D eigenvalue weighted by molar-refractivity contribution is -0.104. The maximum Gasteiger partial charge on any atom is 0.142 e. The summed E-state index contributed by atoms with van der Waals surface area (Å²) in [5.74, 6) is 0. The third-order valence-corrected chi connectivity index (χ3v) is 2.42. The molecule has 0 bridgehead atoms. The van der Waals surface area contributed by atoms with Crippen LogP contribution >= 0.6 is 0 Å². The predicted octanol–water partition coefficient (Wildman–Crippen LogP) is 0.512. The van der Waals surface area contributed by atoms with Crippen LogP contribution in [0, 0.1) is 0 Å². The highest BCUT2D eigenvalue weighted by atomic mass is 16.3. The number of benzene rings is 1. The van der Waals surface area contributed by atoms with Crippen molar-refractivity contribution in [3.05, 3.63) is 41.5 Å². The average molecular weight is 235 g/mol. The molecule has 0 radical (unpaired) electrons. The average Bonchev–Trinajstić information content (AvgIpc) is 2.36. The molecule has 3 N–H and O–H groups in total. The van der Waals surface area contributed by atoms with Gasteiger partial charge in [-0.05, 0) is 24.3 Å². The number of likely N-dealkylation sites (N-methyl/N-ethyl adjacent to an activating group) is 1. The van der Waals surface area contributed by atoms with Crippen molar-refractivity contribution in [3.63, 3.8) is 0 Å². The lowest BCUT2D eigenvalue weighted by atomic mass is 10.0. The van der Waals surface area contributed by atoms with E-state index >= 15 is 0 Å². The van der Waals surface area contributed by atoms with Gasteiger partial charge in [0.15, 0.2) is 0 Å². The zero-order chi connectivity index (χ0) is 12.7. The second-order valence-corrected chi connectivity index (χ2v) is 3.73. The molecule has 0 heterocycles. The maximum atomic E-state index is 10.1. The highest BCUT2D eigenvalue weighted by Crippen LogP contribution is 2.17. The predicted molar refractivity (Wildman–Crippen MR) is 66.4 cm³/mol. The molecule has 0 amide bonds. The van der Waals surface area contributed by atoms with Crippen molar-refractivity contribution in [3.8, 4) is 0 Å². The second-order valence-electron chi connectivity index (χ2n) is 3.73. The van der Waals surface area contributed by atoms with Crippen LogP contribution in [0.2, 0.25) is 0 Å². The first-order valence-corrected chi connectivity index (χ1v) is 5.41. The maximum absolute atomic E-state index is 10.1. The first kappa shape index (κ1) is 13.6. The van der Waals surface area contributed by atoms with Gasteiger partial charge >= 0.3 is 0 Å². The van der Waals surface area contributed by atoms with Crippen molar-refractivity contribution in [1.82, 2.24) is 5.32 Å². The van der Waals surface area contributed by atoms with Crippen LogP contribution in [0.4, 0.5) is 0 Å². The molecule has 0 spiro atoms. The normalized spacial score (nSPS) is 14.8. The number of aliphatic hydroxyl groups is 2. The molecule has 0 saturated carbocycles. The van der Waals surface area contributed by atoms with Crippen molar-refractivity contribution in [1.29, 1.82) is 0 Å². The molecule has 0 aliphatic rings. The van der Waals surface area contributed by atoms with Crippen molar-refractivity contribution >= 4 is 12.4 Å². The molecule has 1 aromatic rings. The molecule has 0 aliphatic carbocycles. The van der Waals surface area contributed by atoms with E-state index in [-0.39, 0.29) is 0 Å². The SMILES string of the molecule is CNCC(O)C(O)c1ccc(/C=C/C=O)cc1. The van der Waals surface area contributed by atoms with Gasteiger partial charge in [0.05, 0.1) is 6.10 Å². The van der Waals surface area contributed by atoms with Crippen molar-refractivity contribution in [2.45, 2.75) is 12.2 Å². The molecule has 92 valence electrons. The van der Waals surface area contributed by atoms with Crippen molar-refractivity contribution in [2.24, 2.45) is 0 Å². The van der Waals surface area contributed by atoms with Crippen LogP contribution in [0.25, 0.3) is 6.08 Å². The van der Waals surface area contributed by atoms with Gasteiger partial charge in [-0.3, -0.25) is 4.79 Å². The van der Waals surface area contributed by atoms with E-state index in [0.29, 0.717) is 18.4 Å². The molecule has 0 aliphatic heterocycles. The number of hydrogen-bond donors (Lipinski definition) is 3. The number of allylic oxidation sites excluding steroid dienone is 1. The smallest absolute Gasteiger partial charge is 0.142 e. The summed E-state index contributed by atoms with van der Waals surface area (Å²) in [4.78, 5) is 10.1. The molecule has 4 heteroatoms. The van der Waals surface area contributed by atoms with Gasteiger partial charge in [0.1, 0.15) is 12.4 Å². The van der Waals surface area contributed by atoms with Crippen LogP contribution in [0.15, 0.2) is 30.3 Å². The molecule has 2 unspecified atom stereocenters. The van der Waals surface area contributed by atoms with Crippen LogP contribution in [-0.2, 0) is 4.79 Å². The molecule has 4 nitrogen and oxygen atoms in total. The number of aldehydes is 1. The van der Waals surface area contributed by atoms with E-state index < -0.39 is 12.2 Å². The highest BCUT2D eigenvalue weighted by molar-refractivity contribution is 5.73. The summed E-state index contributed by atoms with van der Waals surface area (Å²) < 4.78 is 0. The zero-order valence-electron chi connectivity index (χ0n) is 9.71. The lowest BCUT2D eigenvalue weighted by Crippen LogP contribution is -2.29. The quantitative estimate of drug-likeness (QED) is 0.496. The zero-order valence-corrected chi connectivity index (χ0v) is 9.71. The lowest BCUT2D eigenvalue weighted by Gasteiger charge is -2.17.